The van der Waals surface area contributed by atoms with Gasteiger partial charge in [-0.1, -0.05) is 18.2 Å². The molecule has 2 N–H and O–H groups in total. The van der Waals surface area contributed by atoms with E-state index in [1.807, 2.05) is 12.1 Å². The van der Waals surface area contributed by atoms with Crippen molar-refractivity contribution in [3.8, 4) is 0 Å². The number of aryl methyl sites for hydroxylation is 1. The molecule has 0 aliphatic heterocycles. The molecule has 0 saturated heterocycles. The molecule has 0 fully saturated rings. The Labute approximate surface area is 120 Å². The molecule has 2 unspecified atom stereocenters. The molecule has 1 aliphatic carbocycles. The highest BCUT2D eigenvalue weighted by Gasteiger charge is 2.30. The molecule has 2 nitrogen and oxygen atoms in total. The van der Waals surface area contributed by atoms with E-state index in [0.29, 0.717) is 4.47 Å². The van der Waals surface area contributed by atoms with E-state index in [-0.39, 0.29) is 17.8 Å². The number of nitrogens with two attached hydrogens (primary N) is 1. The highest BCUT2D eigenvalue weighted by Crippen LogP contribution is 2.41. The first-order valence-electron chi connectivity index (χ1n) is 6.31. The minimum absolute atomic E-state index is 0.161. The predicted molar refractivity (Wildman–Crippen MR) is 76.3 cm³/mol. The third kappa shape index (κ3) is 2.19. The molecule has 2 aromatic rings. The van der Waals surface area contributed by atoms with Gasteiger partial charge in [0.05, 0.1) is 4.47 Å². The average molecular weight is 321 g/mol. The Morgan fingerprint density at radius 2 is 2.16 bits per heavy atom. The summed E-state index contributed by atoms with van der Waals surface area (Å²) >= 11 is 3.29. The van der Waals surface area contributed by atoms with Crippen molar-refractivity contribution >= 4 is 15.9 Å². The van der Waals surface area contributed by atoms with Crippen molar-refractivity contribution < 1.29 is 4.39 Å². The third-order valence-corrected chi connectivity index (χ3v) is 4.61. The molecule has 19 heavy (non-hydrogen) atoms. The highest BCUT2D eigenvalue weighted by molar-refractivity contribution is 9.10. The van der Waals surface area contributed by atoms with Gasteiger partial charge in [0.2, 0.25) is 0 Å². The number of rotatable bonds is 2. The molecule has 0 spiro atoms. The monoisotopic (exact) mass is 320 g/mol. The minimum Gasteiger partial charge on any atom is -0.323 e. The Balaban J connectivity index is 1.98. The normalized spacial score (nSPS) is 19.2. The molecule has 1 heterocycles. The Morgan fingerprint density at radius 3 is 3.00 bits per heavy atom. The first kappa shape index (κ1) is 12.8. The molecule has 3 rings (SSSR count). The van der Waals surface area contributed by atoms with Crippen LogP contribution in [-0.2, 0) is 6.42 Å². The van der Waals surface area contributed by atoms with E-state index in [1.54, 1.807) is 12.3 Å². The van der Waals surface area contributed by atoms with Gasteiger partial charge < -0.3 is 5.73 Å². The lowest BCUT2D eigenvalue weighted by Crippen LogP contribution is -2.19. The van der Waals surface area contributed by atoms with E-state index in [4.69, 9.17) is 5.73 Å². The summed E-state index contributed by atoms with van der Waals surface area (Å²) in [6.07, 6.45) is 3.76. The van der Waals surface area contributed by atoms with Crippen molar-refractivity contribution in [3.63, 3.8) is 0 Å². The van der Waals surface area contributed by atoms with Gasteiger partial charge in [0, 0.05) is 23.9 Å². The predicted octanol–water partition coefficient (Wildman–Crippen LogP) is 3.71. The standard InChI is InChI=1S/C15H14BrFN2/c16-13-10(4-1-5-12(13)17)14(18)11-7-6-9-3-2-8-19-15(9)11/h1-5,8,11,14H,6-7,18H2. The zero-order chi connectivity index (χ0) is 13.4. The molecule has 0 amide bonds. The smallest absolute Gasteiger partial charge is 0.137 e. The quantitative estimate of drug-likeness (QED) is 0.916. The van der Waals surface area contributed by atoms with Crippen molar-refractivity contribution in [2.45, 2.75) is 24.8 Å². The SMILES string of the molecule is NC(c1cccc(F)c1Br)C1CCc2cccnc21. The van der Waals surface area contributed by atoms with Crippen molar-refractivity contribution in [2.75, 3.05) is 0 Å². The molecule has 98 valence electrons. The molecule has 1 aliphatic rings. The zero-order valence-electron chi connectivity index (χ0n) is 10.3. The van der Waals surface area contributed by atoms with E-state index in [2.05, 4.69) is 27.0 Å². The fraction of sp³-hybridized carbons (Fsp3) is 0.267. The Morgan fingerprint density at radius 1 is 1.32 bits per heavy atom. The van der Waals surface area contributed by atoms with Crippen LogP contribution >= 0.6 is 15.9 Å². The van der Waals surface area contributed by atoms with Gasteiger partial charge in [-0.2, -0.15) is 0 Å². The van der Waals surface area contributed by atoms with Gasteiger partial charge in [0.15, 0.2) is 0 Å². The Hall–Kier alpha value is -1.26. The van der Waals surface area contributed by atoms with Crippen LogP contribution in [0.5, 0.6) is 0 Å². The number of aromatic nitrogens is 1. The average Bonchev–Trinajstić information content (AvgIpc) is 2.85. The summed E-state index contributed by atoms with van der Waals surface area (Å²) in [5.74, 6) is -0.110. The minimum atomic E-state index is -0.271. The highest BCUT2D eigenvalue weighted by atomic mass is 79.9. The van der Waals surface area contributed by atoms with Crippen LogP contribution in [0.25, 0.3) is 0 Å². The van der Waals surface area contributed by atoms with Crippen molar-refractivity contribution in [2.24, 2.45) is 5.73 Å². The lowest BCUT2D eigenvalue weighted by atomic mass is 9.91. The van der Waals surface area contributed by atoms with E-state index in [9.17, 15) is 4.39 Å². The summed E-state index contributed by atoms with van der Waals surface area (Å²) in [7, 11) is 0. The second-order valence-electron chi connectivity index (χ2n) is 4.86. The Bertz CT molecular complexity index is 615. The summed E-state index contributed by atoms with van der Waals surface area (Å²) in [6.45, 7) is 0. The van der Waals surface area contributed by atoms with Crippen LogP contribution in [0.4, 0.5) is 4.39 Å². The van der Waals surface area contributed by atoms with Crippen LogP contribution in [0.2, 0.25) is 0 Å². The fourth-order valence-electron chi connectivity index (χ4n) is 2.79. The van der Waals surface area contributed by atoms with E-state index in [1.165, 1.54) is 11.6 Å². The molecular weight excluding hydrogens is 307 g/mol. The van der Waals surface area contributed by atoms with Gasteiger partial charge in [0.1, 0.15) is 5.82 Å². The maximum Gasteiger partial charge on any atom is 0.137 e. The molecular formula is C15H14BrFN2. The van der Waals surface area contributed by atoms with Crippen LogP contribution in [0.15, 0.2) is 41.0 Å². The van der Waals surface area contributed by atoms with Gasteiger partial charge in [-0.15, -0.1) is 0 Å². The van der Waals surface area contributed by atoms with Gasteiger partial charge in [-0.25, -0.2) is 4.39 Å². The first-order valence-corrected chi connectivity index (χ1v) is 7.11. The maximum absolute atomic E-state index is 13.6. The van der Waals surface area contributed by atoms with Crippen LogP contribution < -0.4 is 5.73 Å². The van der Waals surface area contributed by atoms with Crippen LogP contribution in [-0.4, -0.2) is 4.98 Å². The number of benzene rings is 1. The molecule has 2 atom stereocenters. The number of pyridine rings is 1. The number of hydrogen-bond acceptors (Lipinski definition) is 2. The van der Waals surface area contributed by atoms with Crippen molar-refractivity contribution in [3.05, 3.63) is 63.6 Å². The first-order chi connectivity index (χ1) is 9.18. The third-order valence-electron chi connectivity index (χ3n) is 3.78. The van der Waals surface area contributed by atoms with E-state index < -0.39 is 0 Å². The molecule has 4 heteroatoms. The number of hydrogen-bond donors (Lipinski definition) is 1. The van der Waals surface area contributed by atoms with Crippen molar-refractivity contribution in [1.29, 1.82) is 0 Å². The number of nitrogens with zero attached hydrogens (tertiary/aromatic N) is 1. The van der Waals surface area contributed by atoms with Gasteiger partial charge >= 0.3 is 0 Å². The lowest BCUT2D eigenvalue weighted by Gasteiger charge is -2.21. The second kappa shape index (κ2) is 5.02. The summed E-state index contributed by atoms with van der Waals surface area (Å²) in [6, 6.07) is 8.81. The lowest BCUT2D eigenvalue weighted by molar-refractivity contribution is 0.532. The summed E-state index contributed by atoms with van der Waals surface area (Å²) < 4.78 is 14.1. The van der Waals surface area contributed by atoms with E-state index >= 15 is 0 Å². The second-order valence-corrected chi connectivity index (χ2v) is 5.65. The van der Waals surface area contributed by atoms with Crippen LogP contribution in [0.3, 0.4) is 0 Å². The summed E-state index contributed by atoms with van der Waals surface area (Å²) in [5, 5.41) is 0. The fourth-order valence-corrected chi connectivity index (χ4v) is 3.32. The van der Waals surface area contributed by atoms with Gasteiger partial charge in [-0.05, 0) is 52.0 Å². The molecule has 0 bridgehead atoms. The van der Waals surface area contributed by atoms with Crippen molar-refractivity contribution in [1.82, 2.24) is 4.98 Å². The Kier molecular flexibility index (Phi) is 3.37. The molecule has 1 aromatic heterocycles. The maximum atomic E-state index is 13.6. The molecule has 0 saturated carbocycles. The number of halogens is 2. The zero-order valence-corrected chi connectivity index (χ0v) is 11.9. The summed E-state index contributed by atoms with van der Waals surface area (Å²) in [5.41, 5.74) is 9.48. The topological polar surface area (TPSA) is 38.9 Å². The largest absolute Gasteiger partial charge is 0.323 e. The van der Waals surface area contributed by atoms with E-state index in [0.717, 1.165) is 24.1 Å². The van der Waals surface area contributed by atoms with Gasteiger partial charge in [0.25, 0.3) is 0 Å². The summed E-state index contributed by atoms with van der Waals surface area (Å²) in [4.78, 5) is 4.45. The van der Waals surface area contributed by atoms with Crippen LogP contribution in [0.1, 0.15) is 35.2 Å². The molecule has 1 aromatic carbocycles. The van der Waals surface area contributed by atoms with Gasteiger partial charge in [-0.3, -0.25) is 4.98 Å². The van der Waals surface area contributed by atoms with Crippen LogP contribution in [0, 0.1) is 5.82 Å². The molecule has 0 radical (unpaired) electrons. The number of fused-ring (bicyclic) bond motifs is 1.